The Balaban J connectivity index is 2.64. The lowest BCUT2D eigenvalue weighted by atomic mass is 10.1. The van der Waals surface area contributed by atoms with Crippen molar-refractivity contribution in [3.05, 3.63) is 35.4 Å². The lowest BCUT2D eigenvalue weighted by molar-refractivity contribution is -0.137. The van der Waals surface area contributed by atoms with Gasteiger partial charge in [-0.1, -0.05) is 12.1 Å². The largest absolute Gasteiger partial charge is 0.481 e. The minimum atomic E-state index is -0.851. The van der Waals surface area contributed by atoms with E-state index < -0.39 is 12.1 Å². The Morgan fingerprint density at radius 2 is 2.05 bits per heavy atom. The third-order valence-electron chi connectivity index (χ3n) is 2.65. The third kappa shape index (κ3) is 6.00. The summed E-state index contributed by atoms with van der Waals surface area (Å²) in [7, 11) is 0. The fraction of sp³-hybridized carbons (Fsp3) is 0.429. The summed E-state index contributed by atoms with van der Waals surface area (Å²) >= 11 is 0. The lowest BCUT2D eigenvalue weighted by Crippen LogP contribution is -2.32. The van der Waals surface area contributed by atoms with Crippen LogP contribution in [-0.4, -0.2) is 40.3 Å². The predicted octanol–water partition coefficient (Wildman–Crippen LogP) is 1.22. The molecule has 2 N–H and O–H groups in total. The van der Waals surface area contributed by atoms with E-state index in [1.54, 1.807) is 19.1 Å². The van der Waals surface area contributed by atoms with Crippen LogP contribution < -0.4 is 0 Å². The van der Waals surface area contributed by atoms with Gasteiger partial charge in [0.25, 0.3) is 0 Å². The van der Waals surface area contributed by atoms with Crippen LogP contribution in [0.25, 0.3) is 0 Å². The van der Waals surface area contributed by atoms with Gasteiger partial charge >= 0.3 is 5.97 Å². The van der Waals surface area contributed by atoms with Crippen molar-refractivity contribution in [1.82, 2.24) is 4.90 Å². The highest BCUT2D eigenvalue weighted by Gasteiger charge is 2.11. The maximum Gasteiger partial charge on any atom is 0.304 e. The van der Waals surface area contributed by atoms with Crippen molar-refractivity contribution >= 4 is 5.97 Å². The standard InChI is InChI=1S/C14H18N2O3/c1-11(17)9-16(7-6-14(18)19)10-13-4-2-12(8-15)3-5-13/h2-5,11,17H,6-7,9-10H2,1H3,(H,18,19). The van der Waals surface area contributed by atoms with Crippen LogP contribution >= 0.6 is 0 Å². The van der Waals surface area contributed by atoms with Crippen molar-refractivity contribution in [1.29, 1.82) is 5.26 Å². The molecule has 0 bridgehead atoms. The Labute approximate surface area is 112 Å². The summed E-state index contributed by atoms with van der Waals surface area (Å²) in [6, 6.07) is 9.19. The molecule has 19 heavy (non-hydrogen) atoms. The smallest absolute Gasteiger partial charge is 0.304 e. The van der Waals surface area contributed by atoms with Crippen LogP contribution in [0.15, 0.2) is 24.3 Å². The lowest BCUT2D eigenvalue weighted by Gasteiger charge is -2.23. The highest BCUT2D eigenvalue weighted by atomic mass is 16.4. The number of aliphatic carboxylic acids is 1. The number of aliphatic hydroxyl groups is 1. The first kappa shape index (κ1) is 15.2. The predicted molar refractivity (Wildman–Crippen MR) is 70.4 cm³/mol. The van der Waals surface area contributed by atoms with Gasteiger partial charge in [0.2, 0.25) is 0 Å². The number of carboxylic acid groups (broad SMARTS) is 1. The molecule has 0 radical (unpaired) electrons. The van der Waals surface area contributed by atoms with Crippen LogP contribution in [0.4, 0.5) is 0 Å². The summed E-state index contributed by atoms with van der Waals surface area (Å²) < 4.78 is 0. The second kappa shape index (κ2) is 7.52. The number of aliphatic hydroxyl groups excluding tert-OH is 1. The molecule has 1 unspecified atom stereocenters. The second-order valence-electron chi connectivity index (χ2n) is 4.54. The van der Waals surface area contributed by atoms with Crippen LogP contribution in [0.2, 0.25) is 0 Å². The zero-order chi connectivity index (χ0) is 14.3. The van der Waals surface area contributed by atoms with Gasteiger partial charge in [-0.3, -0.25) is 9.69 Å². The molecule has 0 spiro atoms. The van der Waals surface area contributed by atoms with Crippen molar-refractivity contribution in [2.45, 2.75) is 26.0 Å². The quantitative estimate of drug-likeness (QED) is 0.771. The summed E-state index contributed by atoms with van der Waals surface area (Å²) in [5.41, 5.74) is 1.58. The Morgan fingerprint density at radius 3 is 2.53 bits per heavy atom. The monoisotopic (exact) mass is 262 g/mol. The molecule has 5 heteroatoms. The molecule has 0 aromatic heterocycles. The van der Waals surface area contributed by atoms with Gasteiger partial charge < -0.3 is 10.2 Å². The fourth-order valence-corrected chi connectivity index (χ4v) is 1.81. The molecule has 1 aromatic rings. The van der Waals surface area contributed by atoms with Crippen molar-refractivity contribution in [2.75, 3.05) is 13.1 Å². The molecule has 0 aliphatic carbocycles. The molecule has 1 atom stereocenters. The van der Waals surface area contributed by atoms with Gasteiger partial charge in [0.1, 0.15) is 0 Å². The molecule has 102 valence electrons. The summed E-state index contributed by atoms with van der Waals surface area (Å²) in [4.78, 5) is 12.5. The number of benzene rings is 1. The molecule has 0 heterocycles. The summed E-state index contributed by atoms with van der Waals surface area (Å²) in [6.45, 7) is 3.05. The molecule has 0 saturated heterocycles. The number of hydrogen-bond donors (Lipinski definition) is 2. The van der Waals surface area contributed by atoms with E-state index in [4.69, 9.17) is 10.4 Å². The second-order valence-corrected chi connectivity index (χ2v) is 4.54. The van der Waals surface area contributed by atoms with Crippen molar-refractivity contribution < 1.29 is 15.0 Å². The Kier molecular flexibility index (Phi) is 6.00. The van der Waals surface area contributed by atoms with Crippen molar-refractivity contribution in [3.8, 4) is 6.07 Å². The molecule has 1 rings (SSSR count). The van der Waals surface area contributed by atoms with E-state index in [0.717, 1.165) is 5.56 Å². The minimum absolute atomic E-state index is 0.0446. The summed E-state index contributed by atoms with van der Waals surface area (Å²) in [6.07, 6.45) is -0.463. The Morgan fingerprint density at radius 1 is 1.42 bits per heavy atom. The first-order chi connectivity index (χ1) is 9.01. The number of carboxylic acids is 1. The van der Waals surface area contributed by atoms with Gasteiger partial charge in [-0.15, -0.1) is 0 Å². The first-order valence-corrected chi connectivity index (χ1v) is 6.12. The van der Waals surface area contributed by atoms with Crippen LogP contribution in [0, 0.1) is 11.3 Å². The molecule has 0 amide bonds. The number of nitrogens with zero attached hydrogens (tertiary/aromatic N) is 2. The van der Waals surface area contributed by atoms with E-state index in [2.05, 4.69) is 0 Å². The normalized spacial score (nSPS) is 12.1. The minimum Gasteiger partial charge on any atom is -0.481 e. The molecule has 0 aliphatic rings. The number of nitriles is 1. The third-order valence-corrected chi connectivity index (χ3v) is 2.65. The summed E-state index contributed by atoms with van der Waals surface area (Å²) in [5.74, 6) is -0.851. The maximum absolute atomic E-state index is 10.6. The average molecular weight is 262 g/mol. The SMILES string of the molecule is CC(O)CN(CCC(=O)O)Cc1ccc(C#N)cc1. The number of hydrogen-bond acceptors (Lipinski definition) is 4. The molecule has 5 nitrogen and oxygen atoms in total. The highest BCUT2D eigenvalue weighted by Crippen LogP contribution is 2.08. The zero-order valence-electron chi connectivity index (χ0n) is 10.9. The summed E-state index contributed by atoms with van der Waals surface area (Å²) in [5, 5.41) is 26.8. The first-order valence-electron chi connectivity index (χ1n) is 6.12. The van der Waals surface area contributed by atoms with Crippen LogP contribution in [0.5, 0.6) is 0 Å². The van der Waals surface area contributed by atoms with E-state index in [1.807, 2.05) is 23.1 Å². The van der Waals surface area contributed by atoms with Gasteiger partial charge in [0, 0.05) is 19.6 Å². The molecule has 1 aromatic carbocycles. The molecule has 0 fully saturated rings. The van der Waals surface area contributed by atoms with Gasteiger partial charge in [0.15, 0.2) is 0 Å². The maximum atomic E-state index is 10.6. The van der Waals surface area contributed by atoms with Crippen LogP contribution in [0.3, 0.4) is 0 Å². The molecular formula is C14H18N2O3. The Hall–Kier alpha value is -1.90. The Bertz CT molecular complexity index is 449. The van der Waals surface area contributed by atoms with Gasteiger partial charge in [0.05, 0.1) is 24.2 Å². The topological polar surface area (TPSA) is 84.6 Å². The molecule has 0 aliphatic heterocycles. The van der Waals surface area contributed by atoms with Crippen molar-refractivity contribution in [2.24, 2.45) is 0 Å². The number of carbonyl (C=O) groups is 1. The van der Waals surface area contributed by atoms with Gasteiger partial charge in [-0.05, 0) is 24.6 Å². The van der Waals surface area contributed by atoms with E-state index in [1.165, 1.54) is 0 Å². The van der Waals surface area contributed by atoms with E-state index in [9.17, 15) is 9.90 Å². The van der Waals surface area contributed by atoms with Crippen LogP contribution in [0.1, 0.15) is 24.5 Å². The zero-order valence-corrected chi connectivity index (χ0v) is 10.9. The van der Waals surface area contributed by atoms with E-state index >= 15 is 0 Å². The number of rotatable bonds is 7. The van der Waals surface area contributed by atoms with E-state index in [-0.39, 0.29) is 6.42 Å². The average Bonchev–Trinajstić information content (AvgIpc) is 2.36. The van der Waals surface area contributed by atoms with Gasteiger partial charge in [-0.25, -0.2) is 0 Å². The molecular weight excluding hydrogens is 244 g/mol. The van der Waals surface area contributed by atoms with Crippen LogP contribution in [-0.2, 0) is 11.3 Å². The van der Waals surface area contributed by atoms with Gasteiger partial charge in [-0.2, -0.15) is 5.26 Å². The van der Waals surface area contributed by atoms with Crippen molar-refractivity contribution in [3.63, 3.8) is 0 Å². The molecule has 0 saturated carbocycles. The van der Waals surface area contributed by atoms with E-state index in [0.29, 0.717) is 25.2 Å². The fourth-order valence-electron chi connectivity index (χ4n) is 1.81. The highest BCUT2D eigenvalue weighted by molar-refractivity contribution is 5.66.